The van der Waals surface area contributed by atoms with Crippen molar-refractivity contribution in [2.45, 2.75) is 39.5 Å². The van der Waals surface area contributed by atoms with Gasteiger partial charge in [-0.25, -0.2) is 0 Å². The molecule has 1 N–H and O–H groups in total. The molecule has 11 heavy (non-hydrogen) atoms. The fourth-order valence-corrected chi connectivity index (χ4v) is 1.32. The number of thioether (sulfide) groups is 1. The predicted molar refractivity (Wildman–Crippen MR) is 54.8 cm³/mol. The Kier molecular flexibility index (Phi) is 6.77. The number of rotatable bonds is 5. The Morgan fingerprint density at radius 2 is 2.18 bits per heavy atom. The smallest absolute Gasteiger partial charge is 0.0544 e. The lowest BCUT2D eigenvalue weighted by atomic mass is 10.4. The Morgan fingerprint density at radius 1 is 1.55 bits per heavy atom. The Hall–Kier alpha value is 0.0500. The van der Waals surface area contributed by atoms with Crippen molar-refractivity contribution in [3.05, 3.63) is 11.0 Å². The van der Waals surface area contributed by atoms with Crippen LogP contribution in [0.1, 0.15) is 34.1 Å². The highest BCUT2D eigenvalue weighted by atomic mass is 32.2. The van der Waals surface area contributed by atoms with Crippen molar-refractivity contribution in [2.24, 2.45) is 0 Å². The fourth-order valence-electron chi connectivity index (χ4n) is 0.634. The standard InChI is InChI=1S/C9H19NS/c1-5-6-10-9(4)11-7-8(2)3/h7,9-10H,5-6H2,1-4H3. The largest absolute Gasteiger partial charge is 0.305 e. The van der Waals surface area contributed by atoms with Gasteiger partial charge in [-0.1, -0.05) is 12.5 Å². The number of nitrogens with one attached hydrogen (secondary N) is 1. The highest BCUT2D eigenvalue weighted by Crippen LogP contribution is 2.11. The first-order valence-corrected chi connectivity index (χ1v) is 5.13. The van der Waals surface area contributed by atoms with Crippen LogP contribution in [0.25, 0.3) is 0 Å². The van der Waals surface area contributed by atoms with E-state index in [-0.39, 0.29) is 0 Å². The zero-order chi connectivity index (χ0) is 8.69. The average Bonchev–Trinajstić information content (AvgIpc) is 1.97. The summed E-state index contributed by atoms with van der Waals surface area (Å²) in [6, 6.07) is 0. The Morgan fingerprint density at radius 3 is 2.64 bits per heavy atom. The predicted octanol–water partition coefficient (Wildman–Crippen LogP) is 2.99. The molecule has 0 spiro atoms. The SMILES string of the molecule is CCCNC(C)SC=C(C)C. The van der Waals surface area contributed by atoms with Crippen LogP contribution >= 0.6 is 11.8 Å². The third-order valence-electron chi connectivity index (χ3n) is 1.19. The summed E-state index contributed by atoms with van der Waals surface area (Å²) in [6.45, 7) is 9.74. The Labute approximate surface area is 74.6 Å². The minimum Gasteiger partial charge on any atom is -0.305 e. The van der Waals surface area contributed by atoms with Crippen molar-refractivity contribution < 1.29 is 0 Å². The summed E-state index contributed by atoms with van der Waals surface area (Å²) in [6.07, 6.45) is 1.21. The summed E-state index contributed by atoms with van der Waals surface area (Å²) in [5.74, 6) is 0. The van der Waals surface area contributed by atoms with Gasteiger partial charge in [0.1, 0.15) is 0 Å². The highest BCUT2D eigenvalue weighted by Gasteiger charge is 1.96. The second-order valence-corrected chi connectivity index (χ2v) is 4.14. The molecule has 0 bridgehead atoms. The Balaban J connectivity index is 3.36. The van der Waals surface area contributed by atoms with Crippen LogP contribution in [0, 0.1) is 0 Å². The lowest BCUT2D eigenvalue weighted by Gasteiger charge is -2.09. The van der Waals surface area contributed by atoms with E-state index in [0.29, 0.717) is 5.37 Å². The molecule has 0 radical (unpaired) electrons. The fraction of sp³-hybridized carbons (Fsp3) is 0.778. The molecule has 0 amide bonds. The molecule has 0 fully saturated rings. The maximum atomic E-state index is 3.41. The third-order valence-corrected chi connectivity index (χ3v) is 2.37. The lowest BCUT2D eigenvalue weighted by molar-refractivity contribution is 0.672. The number of hydrogen-bond acceptors (Lipinski definition) is 2. The first-order chi connectivity index (χ1) is 5.16. The molecule has 0 aromatic rings. The minimum absolute atomic E-state index is 0.546. The molecule has 0 rings (SSSR count). The molecule has 2 heteroatoms. The van der Waals surface area contributed by atoms with Crippen LogP contribution in [0.2, 0.25) is 0 Å². The van der Waals surface area contributed by atoms with Crippen molar-refractivity contribution in [1.29, 1.82) is 0 Å². The quantitative estimate of drug-likeness (QED) is 0.641. The van der Waals surface area contributed by atoms with Crippen LogP contribution in [-0.4, -0.2) is 11.9 Å². The van der Waals surface area contributed by atoms with Crippen molar-refractivity contribution in [3.8, 4) is 0 Å². The van der Waals surface area contributed by atoms with Gasteiger partial charge in [0.05, 0.1) is 5.37 Å². The molecular weight excluding hydrogens is 154 g/mol. The topological polar surface area (TPSA) is 12.0 Å². The van der Waals surface area contributed by atoms with E-state index in [1.54, 1.807) is 0 Å². The van der Waals surface area contributed by atoms with Gasteiger partial charge in [-0.2, -0.15) is 0 Å². The number of allylic oxidation sites excluding steroid dienone is 1. The van der Waals surface area contributed by atoms with Crippen molar-refractivity contribution in [1.82, 2.24) is 5.32 Å². The molecule has 66 valence electrons. The van der Waals surface area contributed by atoms with Gasteiger partial charge < -0.3 is 5.32 Å². The van der Waals surface area contributed by atoms with E-state index in [1.807, 2.05) is 11.8 Å². The first-order valence-electron chi connectivity index (χ1n) is 4.19. The molecule has 0 aliphatic carbocycles. The van der Waals surface area contributed by atoms with Gasteiger partial charge in [-0.3, -0.25) is 0 Å². The van der Waals surface area contributed by atoms with Crippen LogP contribution in [0.4, 0.5) is 0 Å². The monoisotopic (exact) mass is 173 g/mol. The Bertz CT molecular complexity index is 117. The van der Waals surface area contributed by atoms with E-state index in [0.717, 1.165) is 6.54 Å². The van der Waals surface area contributed by atoms with Crippen LogP contribution in [0.3, 0.4) is 0 Å². The van der Waals surface area contributed by atoms with Gasteiger partial charge in [0.2, 0.25) is 0 Å². The molecule has 0 heterocycles. The van der Waals surface area contributed by atoms with Gasteiger partial charge in [-0.05, 0) is 39.1 Å². The summed E-state index contributed by atoms with van der Waals surface area (Å²) >= 11 is 1.85. The molecule has 1 atom stereocenters. The normalized spacial score (nSPS) is 12.7. The van der Waals surface area contributed by atoms with E-state index in [9.17, 15) is 0 Å². The van der Waals surface area contributed by atoms with E-state index in [1.165, 1.54) is 12.0 Å². The van der Waals surface area contributed by atoms with Crippen molar-refractivity contribution in [2.75, 3.05) is 6.54 Å². The highest BCUT2D eigenvalue weighted by molar-refractivity contribution is 8.02. The average molecular weight is 173 g/mol. The summed E-state index contributed by atoms with van der Waals surface area (Å²) in [7, 11) is 0. The summed E-state index contributed by atoms with van der Waals surface area (Å²) in [5.41, 5.74) is 1.38. The van der Waals surface area contributed by atoms with Gasteiger partial charge in [0.25, 0.3) is 0 Å². The zero-order valence-electron chi connectivity index (χ0n) is 7.98. The van der Waals surface area contributed by atoms with E-state index in [2.05, 4.69) is 38.4 Å². The van der Waals surface area contributed by atoms with E-state index >= 15 is 0 Å². The summed E-state index contributed by atoms with van der Waals surface area (Å²) in [4.78, 5) is 0. The van der Waals surface area contributed by atoms with Crippen molar-refractivity contribution >= 4 is 11.8 Å². The maximum absolute atomic E-state index is 3.41. The maximum Gasteiger partial charge on any atom is 0.0544 e. The van der Waals surface area contributed by atoms with Crippen LogP contribution in [0.5, 0.6) is 0 Å². The molecule has 0 aliphatic heterocycles. The van der Waals surface area contributed by atoms with Crippen LogP contribution < -0.4 is 5.32 Å². The zero-order valence-corrected chi connectivity index (χ0v) is 8.79. The molecule has 0 saturated heterocycles. The second kappa shape index (κ2) is 6.74. The third kappa shape index (κ3) is 7.95. The molecular formula is C9H19NS. The number of hydrogen-bond donors (Lipinski definition) is 1. The van der Waals surface area contributed by atoms with Crippen molar-refractivity contribution in [3.63, 3.8) is 0 Å². The van der Waals surface area contributed by atoms with Gasteiger partial charge in [0.15, 0.2) is 0 Å². The molecule has 0 aliphatic rings. The minimum atomic E-state index is 0.546. The molecule has 0 aromatic heterocycles. The molecule has 1 nitrogen and oxygen atoms in total. The van der Waals surface area contributed by atoms with E-state index in [4.69, 9.17) is 0 Å². The first kappa shape index (κ1) is 11.1. The van der Waals surface area contributed by atoms with Crippen LogP contribution in [-0.2, 0) is 0 Å². The summed E-state index contributed by atoms with van der Waals surface area (Å²) in [5, 5.41) is 6.15. The second-order valence-electron chi connectivity index (χ2n) is 2.93. The molecule has 0 saturated carbocycles. The van der Waals surface area contributed by atoms with Gasteiger partial charge in [0, 0.05) is 0 Å². The summed E-state index contributed by atoms with van der Waals surface area (Å²) < 4.78 is 0. The van der Waals surface area contributed by atoms with Crippen LogP contribution in [0.15, 0.2) is 11.0 Å². The lowest BCUT2D eigenvalue weighted by Crippen LogP contribution is -2.22. The van der Waals surface area contributed by atoms with Gasteiger partial charge in [-0.15, -0.1) is 11.8 Å². The molecule has 1 unspecified atom stereocenters. The molecule has 0 aromatic carbocycles. The van der Waals surface area contributed by atoms with Gasteiger partial charge >= 0.3 is 0 Å². The van der Waals surface area contributed by atoms with E-state index < -0.39 is 0 Å².